The molecule has 0 radical (unpaired) electrons. The minimum absolute atomic E-state index is 0.0463. The van der Waals surface area contributed by atoms with Gasteiger partial charge >= 0.3 is 0 Å². The molecule has 1 aromatic rings. The molecular formula is C13H18N2O2. The van der Waals surface area contributed by atoms with E-state index in [1.165, 1.54) is 0 Å². The average Bonchev–Trinajstić information content (AvgIpc) is 2.39. The largest absolute Gasteiger partial charge is 0.508 e. The van der Waals surface area contributed by atoms with E-state index in [9.17, 15) is 9.90 Å². The van der Waals surface area contributed by atoms with Crippen LogP contribution in [0.4, 0.5) is 0 Å². The van der Waals surface area contributed by atoms with Crippen LogP contribution in [0.3, 0.4) is 0 Å². The lowest BCUT2D eigenvalue weighted by Crippen LogP contribution is -2.46. The Morgan fingerprint density at radius 3 is 2.76 bits per heavy atom. The second-order valence-electron chi connectivity index (χ2n) is 4.43. The Labute approximate surface area is 101 Å². The van der Waals surface area contributed by atoms with E-state index >= 15 is 0 Å². The van der Waals surface area contributed by atoms with Crippen molar-refractivity contribution in [1.29, 1.82) is 0 Å². The first-order valence-electron chi connectivity index (χ1n) is 5.96. The summed E-state index contributed by atoms with van der Waals surface area (Å²) in [6.07, 6.45) is 2.16. The number of hydrogen-bond donors (Lipinski definition) is 2. The highest BCUT2D eigenvalue weighted by Crippen LogP contribution is 2.15. The van der Waals surface area contributed by atoms with Crippen molar-refractivity contribution in [2.75, 3.05) is 20.1 Å². The number of phenols is 1. The minimum Gasteiger partial charge on any atom is -0.508 e. The first kappa shape index (κ1) is 11.9. The maximum atomic E-state index is 12.2. The van der Waals surface area contributed by atoms with Crippen molar-refractivity contribution >= 4 is 5.91 Å². The van der Waals surface area contributed by atoms with E-state index in [1.807, 2.05) is 11.9 Å². The third-order valence-electron chi connectivity index (χ3n) is 3.23. The van der Waals surface area contributed by atoms with Gasteiger partial charge in [-0.15, -0.1) is 0 Å². The quantitative estimate of drug-likeness (QED) is 0.809. The number of phenolic OH excluding ortho intramolecular Hbond substituents is 1. The topological polar surface area (TPSA) is 52.6 Å². The summed E-state index contributed by atoms with van der Waals surface area (Å²) < 4.78 is 0. The number of hydrogen-bond acceptors (Lipinski definition) is 3. The van der Waals surface area contributed by atoms with Gasteiger partial charge in [0.05, 0.1) is 0 Å². The lowest BCUT2D eigenvalue weighted by atomic mass is 10.0. The standard InChI is InChI=1S/C13H18N2O2/c1-14-11-3-2-8-15(9-11)13(17)10-4-6-12(16)7-5-10/h4-7,11,14,16H,2-3,8-9H2,1H3. The minimum atomic E-state index is 0.0463. The number of rotatable bonds is 2. The van der Waals surface area contributed by atoms with Crippen LogP contribution in [0.1, 0.15) is 23.2 Å². The molecule has 1 fully saturated rings. The van der Waals surface area contributed by atoms with E-state index in [0.29, 0.717) is 11.6 Å². The third-order valence-corrected chi connectivity index (χ3v) is 3.23. The zero-order chi connectivity index (χ0) is 12.3. The molecular weight excluding hydrogens is 216 g/mol. The van der Waals surface area contributed by atoms with E-state index in [2.05, 4.69) is 5.32 Å². The van der Waals surface area contributed by atoms with Crippen molar-refractivity contribution in [3.63, 3.8) is 0 Å². The van der Waals surface area contributed by atoms with Gasteiger partial charge in [-0.3, -0.25) is 4.79 Å². The third kappa shape index (κ3) is 2.77. The number of benzene rings is 1. The van der Waals surface area contributed by atoms with Crippen LogP contribution in [-0.4, -0.2) is 42.1 Å². The highest BCUT2D eigenvalue weighted by Gasteiger charge is 2.23. The van der Waals surface area contributed by atoms with Crippen LogP contribution in [-0.2, 0) is 0 Å². The fourth-order valence-corrected chi connectivity index (χ4v) is 2.18. The second-order valence-corrected chi connectivity index (χ2v) is 4.43. The van der Waals surface area contributed by atoms with Crippen molar-refractivity contribution in [3.05, 3.63) is 29.8 Å². The highest BCUT2D eigenvalue weighted by molar-refractivity contribution is 5.94. The molecule has 0 spiro atoms. The van der Waals surface area contributed by atoms with Gasteiger partial charge in [-0.2, -0.15) is 0 Å². The number of nitrogens with one attached hydrogen (secondary N) is 1. The Bertz CT molecular complexity index is 389. The lowest BCUT2D eigenvalue weighted by Gasteiger charge is -2.32. The number of carbonyl (C=O) groups is 1. The normalized spacial score (nSPS) is 20.3. The SMILES string of the molecule is CNC1CCCN(C(=O)c2ccc(O)cc2)C1. The lowest BCUT2D eigenvalue weighted by molar-refractivity contribution is 0.0698. The van der Waals surface area contributed by atoms with Crippen LogP contribution in [0, 0.1) is 0 Å². The smallest absolute Gasteiger partial charge is 0.253 e. The molecule has 4 nitrogen and oxygen atoms in total. The first-order chi connectivity index (χ1) is 8.20. The van der Waals surface area contributed by atoms with Gasteiger partial charge in [0.1, 0.15) is 5.75 Å². The second kappa shape index (κ2) is 5.19. The summed E-state index contributed by atoms with van der Waals surface area (Å²) in [4.78, 5) is 14.1. The predicted molar refractivity (Wildman–Crippen MR) is 66.1 cm³/mol. The van der Waals surface area contributed by atoms with Crippen LogP contribution < -0.4 is 5.32 Å². The van der Waals surface area contributed by atoms with Crippen molar-refractivity contribution < 1.29 is 9.90 Å². The number of piperidine rings is 1. The molecule has 17 heavy (non-hydrogen) atoms. The Morgan fingerprint density at radius 1 is 1.41 bits per heavy atom. The molecule has 1 amide bonds. The number of likely N-dealkylation sites (N-methyl/N-ethyl adjacent to an activating group) is 1. The van der Waals surface area contributed by atoms with Crippen LogP contribution in [0.2, 0.25) is 0 Å². The van der Waals surface area contributed by atoms with Gasteiger partial charge in [-0.25, -0.2) is 0 Å². The summed E-state index contributed by atoms with van der Waals surface area (Å²) in [5, 5.41) is 12.4. The Kier molecular flexibility index (Phi) is 3.64. The molecule has 1 aliphatic heterocycles. The van der Waals surface area contributed by atoms with Gasteiger partial charge in [0, 0.05) is 24.7 Å². The molecule has 1 saturated heterocycles. The van der Waals surface area contributed by atoms with Crippen molar-refractivity contribution in [3.8, 4) is 5.75 Å². The molecule has 2 rings (SSSR count). The predicted octanol–water partition coefficient (Wildman–Crippen LogP) is 1.22. The summed E-state index contributed by atoms with van der Waals surface area (Å²) in [5.74, 6) is 0.234. The van der Waals surface area contributed by atoms with Gasteiger partial charge in [-0.1, -0.05) is 0 Å². The van der Waals surface area contributed by atoms with Crippen molar-refractivity contribution in [2.45, 2.75) is 18.9 Å². The molecule has 1 unspecified atom stereocenters. The molecule has 1 aromatic carbocycles. The van der Waals surface area contributed by atoms with Gasteiger partial charge in [0.25, 0.3) is 5.91 Å². The zero-order valence-electron chi connectivity index (χ0n) is 10.0. The fourth-order valence-electron chi connectivity index (χ4n) is 2.18. The van der Waals surface area contributed by atoms with Gasteiger partial charge in [0.15, 0.2) is 0 Å². The number of carbonyl (C=O) groups excluding carboxylic acids is 1. The zero-order valence-corrected chi connectivity index (χ0v) is 10.0. The highest BCUT2D eigenvalue weighted by atomic mass is 16.3. The molecule has 0 aliphatic carbocycles. The van der Waals surface area contributed by atoms with Crippen molar-refractivity contribution in [1.82, 2.24) is 10.2 Å². The van der Waals surface area contributed by atoms with Crippen LogP contribution in [0.25, 0.3) is 0 Å². The summed E-state index contributed by atoms with van der Waals surface area (Å²) >= 11 is 0. The van der Waals surface area contributed by atoms with Gasteiger partial charge in [-0.05, 0) is 44.2 Å². The van der Waals surface area contributed by atoms with E-state index in [1.54, 1.807) is 24.3 Å². The maximum absolute atomic E-state index is 12.2. The summed E-state index contributed by atoms with van der Waals surface area (Å²) in [5.41, 5.74) is 0.638. The van der Waals surface area contributed by atoms with Gasteiger partial charge in [0.2, 0.25) is 0 Å². The van der Waals surface area contributed by atoms with Crippen LogP contribution >= 0.6 is 0 Å². The van der Waals surface area contributed by atoms with Gasteiger partial charge < -0.3 is 15.3 Å². The molecule has 4 heteroatoms. The monoisotopic (exact) mass is 234 g/mol. The number of aromatic hydroxyl groups is 1. The van der Waals surface area contributed by atoms with E-state index < -0.39 is 0 Å². The molecule has 0 aromatic heterocycles. The van der Waals surface area contributed by atoms with Crippen molar-refractivity contribution in [2.24, 2.45) is 0 Å². The fraction of sp³-hybridized carbons (Fsp3) is 0.462. The number of likely N-dealkylation sites (tertiary alicyclic amines) is 1. The summed E-state index contributed by atoms with van der Waals surface area (Å²) in [7, 11) is 1.93. The molecule has 0 saturated carbocycles. The Hall–Kier alpha value is -1.55. The summed E-state index contributed by atoms with van der Waals surface area (Å²) in [6, 6.07) is 6.82. The van der Waals surface area contributed by atoms with E-state index in [4.69, 9.17) is 0 Å². The molecule has 2 N–H and O–H groups in total. The van der Waals surface area contributed by atoms with E-state index in [0.717, 1.165) is 25.9 Å². The number of amides is 1. The van der Waals surface area contributed by atoms with E-state index in [-0.39, 0.29) is 11.7 Å². The number of nitrogens with zero attached hydrogens (tertiary/aromatic N) is 1. The summed E-state index contributed by atoms with van der Waals surface area (Å²) in [6.45, 7) is 1.58. The molecule has 92 valence electrons. The molecule has 1 atom stereocenters. The van der Waals surface area contributed by atoms with Crippen LogP contribution in [0.5, 0.6) is 5.75 Å². The maximum Gasteiger partial charge on any atom is 0.253 e. The Morgan fingerprint density at radius 2 is 2.12 bits per heavy atom. The average molecular weight is 234 g/mol. The van der Waals surface area contributed by atoms with Crippen LogP contribution in [0.15, 0.2) is 24.3 Å². The molecule has 1 aliphatic rings. The first-order valence-corrected chi connectivity index (χ1v) is 5.96. The Balaban J connectivity index is 2.06. The molecule has 1 heterocycles. The molecule has 0 bridgehead atoms.